The average Bonchev–Trinajstić information content (AvgIpc) is 2.77. The summed E-state index contributed by atoms with van der Waals surface area (Å²) in [6.45, 7) is 7.95. The lowest BCUT2D eigenvalue weighted by Crippen LogP contribution is -2.47. The number of anilines is 2. The molecule has 1 aliphatic rings. The van der Waals surface area contributed by atoms with Crippen molar-refractivity contribution >= 4 is 33.2 Å². The maximum Gasteiger partial charge on any atom is 0.242 e. The average molecular weight is 474 g/mol. The molecule has 0 aliphatic carbocycles. The number of ether oxygens (including phenoxy) is 1. The smallest absolute Gasteiger partial charge is 0.242 e. The van der Waals surface area contributed by atoms with E-state index in [-0.39, 0.29) is 16.7 Å². The summed E-state index contributed by atoms with van der Waals surface area (Å²) in [5.74, 6) is -0.330. The van der Waals surface area contributed by atoms with Crippen LogP contribution >= 0.6 is 0 Å². The van der Waals surface area contributed by atoms with Crippen LogP contribution in [0.4, 0.5) is 11.4 Å². The number of carbonyl (C=O) groups is 2. The van der Waals surface area contributed by atoms with Gasteiger partial charge in [-0.1, -0.05) is 26.0 Å². The van der Waals surface area contributed by atoms with Crippen LogP contribution in [0.5, 0.6) is 5.75 Å². The zero-order valence-corrected chi connectivity index (χ0v) is 20.2. The van der Waals surface area contributed by atoms with Gasteiger partial charge in [-0.2, -0.15) is 4.72 Å². The Morgan fingerprint density at radius 1 is 1.15 bits per heavy atom. The predicted octanol–water partition coefficient (Wildman–Crippen LogP) is 3.33. The minimum atomic E-state index is -3.98. The lowest BCUT2D eigenvalue weighted by Gasteiger charge is -2.29. The van der Waals surface area contributed by atoms with Gasteiger partial charge in [0.25, 0.3) is 0 Å². The summed E-state index contributed by atoms with van der Waals surface area (Å²) >= 11 is 0. The molecule has 9 heteroatoms. The van der Waals surface area contributed by atoms with Gasteiger partial charge in [-0.15, -0.1) is 0 Å². The molecule has 8 nitrogen and oxygen atoms in total. The lowest BCUT2D eigenvalue weighted by atomic mass is 10.0. The third-order valence-corrected chi connectivity index (χ3v) is 6.97. The van der Waals surface area contributed by atoms with Crippen molar-refractivity contribution in [2.45, 2.75) is 51.5 Å². The van der Waals surface area contributed by atoms with Gasteiger partial charge < -0.3 is 15.0 Å². The van der Waals surface area contributed by atoms with Gasteiger partial charge in [0, 0.05) is 19.2 Å². The van der Waals surface area contributed by atoms with Crippen molar-refractivity contribution in [2.75, 3.05) is 23.4 Å². The van der Waals surface area contributed by atoms with Crippen molar-refractivity contribution in [3.05, 3.63) is 48.0 Å². The molecule has 1 atom stereocenters. The molecule has 0 unspecified atom stereocenters. The second-order valence-corrected chi connectivity index (χ2v) is 10.0. The van der Waals surface area contributed by atoms with E-state index in [9.17, 15) is 18.0 Å². The van der Waals surface area contributed by atoms with Crippen LogP contribution in [0.25, 0.3) is 0 Å². The van der Waals surface area contributed by atoms with Crippen molar-refractivity contribution in [2.24, 2.45) is 5.92 Å². The van der Waals surface area contributed by atoms with E-state index in [1.807, 2.05) is 6.92 Å². The van der Waals surface area contributed by atoms with Crippen molar-refractivity contribution < 1.29 is 22.7 Å². The molecule has 178 valence electrons. The molecule has 0 fully saturated rings. The molecule has 0 radical (unpaired) electrons. The highest BCUT2D eigenvalue weighted by atomic mass is 32.2. The van der Waals surface area contributed by atoms with Crippen LogP contribution in [0.1, 0.15) is 39.7 Å². The fraction of sp³-hybridized carbons (Fsp3) is 0.417. The van der Waals surface area contributed by atoms with Crippen molar-refractivity contribution in [3.8, 4) is 5.75 Å². The summed E-state index contributed by atoms with van der Waals surface area (Å²) in [7, 11) is -3.98. The van der Waals surface area contributed by atoms with Crippen molar-refractivity contribution in [1.29, 1.82) is 0 Å². The van der Waals surface area contributed by atoms with Gasteiger partial charge >= 0.3 is 0 Å². The Hall–Kier alpha value is -2.91. The summed E-state index contributed by atoms with van der Waals surface area (Å²) in [5, 5.41) is 2.78. The first-order chi connectivity index (χ1) is 15.6. The zero-order valence-electron chi connectivity index (χ0n) is 19.4. The Kier molecular flexibility index (Phi) is 7.76. The van der Waals surface area contributed by atoms with Gasteiger partial charge in [0.1, 0.15) is 11.8 Å². The number of nitrogens with one attached hydrogen (secondary N) is 2. The maximum atomic E-state index is 13.2. The highest BCUT2D eigenvalue weighted by Crippen LogP contribution is 2.30. The molecule has 2 amide bonds. The van der Waals surface area contributed by atoms with Gasteiger partial charge in [0.15, 0.2) is 0 Å². The molecule has 0 aromatic heterocycles. The van der Waals surface area contributed by atoms with Crippen LogP contribution in [0, 0.1) is 5.92 Å². The molecular formula is C24H31N3O5S. The molecule has 0 saturated carbocycles. The van der Waals surface area contributed by atoms with Crippen LogP contribution in [0.15, 0.2) is 47.4 Å². The first kappa shape index (κ1) is 24.7. The molecule has 0 spiro atoms. The SMILES string of the molecule is CCOc1ccccc1NC(=O)[C@H](NS(=O)(=O)c1ccc2c(c1)CCCN2C(C)=O)C(C)C. The van der Waals surface area contributed by atoms with Crippen molar-refractivity contribution in [1.82, 2.24) is 4.72 Å². The Balaban J connectivity index is 1.83. The highest BCUT2D eigenvalue weighted by molar-refractivity contribution is 7.89. The minimum absolute atomic E-state index is 0.0693. The second-order valence-electron chi connectivity index (χ2n) is 8.33. The molecule has 1 aliphatic heterocycles. The summed E-state index contributed by atoms with van der Waals surface area (Å²) in [4.78, 5) is 26.7. The lowest BCUT2D eigenvalue weighted by molar-refractivity contribution is -0.118. The molecule has 2 aromatic carbocycles. The number of amides is 2. The summed E-state index contributed by atoms with van der Waals surface area (Å²) in [6, 6.07) is 10.7. The number of rotatable bonds is 8. The number of carbonyl (C=O) groups excluding carboxylic acids is 2. The Morgan fingerprint density at radius 2 is 1.88 bits per heavy atom. The van der Waals surface area contributed by atoms with Crippen LogP contribution in [-0.2, 0) is 26.0 Å². The molecule has 33 heavy (non-hydrogen) atoms. The van der Waals surface area contributed by atoms with Gasteiger partial charge in [0.2, 0.25) is 21.8 Å². The fourth-order valence-electron chi connectivity index (χ4n) is 3.86. The number of sulfonamides is 1. The molecular weight excluding hydrogens is 442 g/mol. The van der Waals surface area contributed by atoms with Crippen LogP contribution < -0.4 is 19.7 Å². The number of nitrogens with zero attached hydrogens (tertiary/aromatic N) is 1. The maximum absolute atomic E-state index is 13.2. The van der Waals surface area contributed by atoms with Gasteiger partial charge in [0.05, 0.1) is 17.2 Å². The zero-order chi connectivity index (χ0) is 24.2. The number of aryl methyl sites for hydroxylation is 1. The van der Waals surface area contributed by atoms with E-state index in [0.717, 1.165) is 17.7 Å². The molecule has 3 rings (SSSR count). The minimum Gasteiger partial charge on any atom is -0.492 e. The number of fused-ring (bicyclic) bond motifs is 1. The topological polar surface area (TPSA) is 105 Å². The standard InChI is InChI=1S/C24H31N3O5S/c1-5-32-22-11-7-6-10-20(22)25-24(29)23(16(2)3)26-33(30,31)19-12-13-21-18(15-19)9-8-14-27(21)17(4)28/h6-7,10-13,15-16,23,26H,5,8-9,14H2,1-4H3,(H,25,29)/t23-/m1/s1. The Morgan fingerprint density at radius 3 is 2.55 bits per heavy atom. The third kappa shape index (κ3) is 5.72. The first-order valence-corrected chi connectivity index (χ1v) is 12.6. The second kappa shape index (κ2) is 10.4. The number of para-hydroxylation sites is 2. The van der Waals surface area contributed by atoms with Gasteiger partial charge in [-0.3, -0.25) is 9.59 Å². The van der Waals surface area contributed by atoms with Gasteiger partial charge in [-0.05, 0) is 61.6 Å². The quantitative estimate of drug-likeness (QED) is 0.612. The van der Waals surface area contributed by atoms with Crippen LogP contribution in [-0.4, -0.2) is 39.4 Å². The number of benzene rings is 2. The van der Waals surface area contributed by atoms with E-state index in [0.29, 0.717) is 31.0 Å². The highest BCUT2D eigenvalue weighted by Gasteiger charge is 2.30. The van der Waals surface area contributed by atoms with Crippen molar-refractivity contribution in [3.63, 3.8) is 0 Å². The summed E-state index contributed by atoms with van der Waals surface area (Å²) in [6.07, 6.45) is 1.45. The van der Waals surface area contributed by atoms with Crippen LogP contribution in [0.3, 0.4) is 0 Å². The largest absolute Gasteiger partial charge is 0.492 e. The molecule has 2 N–H and O–H groups in total. The van der Waals surface area contributed by atoms with Gasteiger partial charge in [-0.25, -0.2) is 8.42 Å². The molecule has 2 aromatic rings. The van der Waals surface area contributed by atoms with E-state index in [4.69, 9.17) is 4.74 Å². The van der Waals surface area contributed by atoms with E-state index in [1.165, 1.54) is 13.0 Å². The normalized spacial score (nSPS) is 14.5. The van der Waals surface area contributed by atoms with E-state index < -0.39 is 22.0 Å². The molecule has 1 heterocycles. The molecule has 0 bridgehead atoms. The fourth-order valence-corrected chi connectivity index (χ4v) is 5.25. The Bertz CT molecular complexity index is 1130. The van der Waals surface area contributed by atoms with E-state index in [1.54, 1.807) is 55.1 Å². The monoisotopic (exact) mass is 473 g/mol. The first-order valence-electron chi connectivity index (χ1n) is 11.1. The summed E-state index contributed by atoms with van der Waals surface area (Å²) in [5.41, 5.74) is 2.02. The molecule has 0 saturated heterocycles. The number of hydrogen-bond acceptors (Lipinski definition) is 5. The predicted molar refractivity (Wildman–Crippen MR) is 128 cm³/mol. The summed E-state index contributed by atoms with van der Waals surface area (Å²) < 4.78 is 34.5. The third-order valence-electron chi connectivity index (χ3n) is 5.54. The van der Waals surface area contributed by atoms with Crippen LogP contribution in [0.2, 0.25) is 0 Å². The van der Waals surface area contributed by atoms with E-state index in [2.05, 4.69) is 10.0 Å². The Labute approximate surface area is 195 Å². The van der Waals surface area contributed by atoms with E-state index >= 15 is 0 Å². The number of hydrogen-bond donors (Lipinski definition) is 2.